The summed E-state index contributed by atoms with van der Waals surface area (Å²) in [5.41, 5.74) is 0.504. The van der Waals surface area contributed by atoms with Crippen molar-refractivity contribution in [3.63, 3.8) is 0 Å². The van der Waals surface area contributed by atoms with Crippen molar-refractivity contribution in [1.82, 2.24) is 9.55 Å². The summed E-state index contributed by atoms with van der Waals surface area (Å²) in [5, 5.41) is 0.402. The lowest BCUT2D eigenvalue weighted by molar-refractivity contribution is -0.143. The number of carbonyl (C=O) groups is 2. The first-order valence-corrected chi connectivity index (χ1v) is 8.38. The van der Waals surface area contributed by atoms with E-state index in [9.17, 15) is 14.4 Å². The minimum Gasteiger partial charge on any atom is -0.493 e. The summed E-state index contributed by atoms with van der Waals surface area (Å²) < 4.78 is 16.4. The fraction of sp³-hybridized carbons (Fsp3) is 0.200. The molecule has 1 heterocycles. The first kappa shape index (κ1) is 19.1. The molecular weight excluding hydrogens is 364 g/mol. The number of fused-ring (bicyclic) bond motifs is 1. The first-order valence-electron chi connectivity index (χ1n) is 8.38. The molecule has 0 aliphatic rings. The van der Waals surface area contributed by atoms with E-state index in [1.54, 1.807) is 36.4 Å². The van der Waals surface area contributed by atoms with Gasteiger partial charge in [0.25, 0.3) is 5.56 Å². The van der Waals surface area contributed by atoms with Gasteiger partial charge in [0, 0.05) is 5.56 Å². The highest BCUT2D eigenvalue weighted by atomic mass is 16.5. The standard InChI is InChI=1S/C20H18N2O6/c1-26-17-8-7-13(9-18(17)27-2)16(23)11-28-19(24)10-22-12-21-15-6-4-3-5-14(15)20(22)25/h3-9,12H,10-11H2,1-2H3. The number of nitrogens with zero attached hydrogens (tertiary/aromatic N) is 2. The van der Waals surface area contributed by atoms with Crippen LogP contribution in [0.1, 0.15) is 10.4 Å². The average molecular weight is 382 g/mol. The fourth-order valence-electron chi connectivity index (χ4n) is 2.64. The van der Waals surface area contributed by atoms with E-state index in [0.717, 1.165) is 4.57 Å². The average Bonchev–Trinajstić information content (AvgIpc) is 2.73. The lowest BCUT2D eigenvalue weighted by Gasteiger charge is -2.10. The Labute approximate surface area is 160 Å². The van der Waals surface area contributed by atoms with E-state index in [4.69, 9.17) is 14.2 Å². The topological polar surface area (TPSA) is 96.7 Å². The normalized spacial score (nSPS) is 10.5. The molecule has 3 aromatic rings. The van der Waals surface area contributed by atoms with Gasteiger partial charge in [-0.05, 0) is 30.3 Å². The Balaban J connectivity index is 1.65. The number of ether oxygens (including phenoxy) is 3. The lowest BCUT2D eigenvalue weighted by atomic mass is 10.1. The highest BCUT2D eigenvalue weighted by Crippen LogP contribution is 2.27. The number of carbonyl (C=O) groups excluding carboxylic acids is 2. The number of hydrogen-bond acceptors (Lipinski definition) is 7. The summed E-state index contributed by atoms with van der Waals surface area (Å²) in [6.45, 7) is -0.792. The molecular formula is C20H18N2O6. The molecule has 0 radical (unpaired) electrons. The monoisotopic (exact) mass is 382 g/mol. The second-order valence-corrected chi connectivity index (χ2v) is 5.85. The van der Waals surface area contributed by atoms with Crippen molar-refractivity contribution < 1.29 is 23.8 Å². The lowest BCUT2D eigenvalue weighted by Crippen LogP contribution is -2.26. The van der Waals surface area contributed by atoms with Gasteiger partial charge in [0.05, 0.1) is 31.4 Å². The van der Waals surface area contributed by atoms with Crippen molar-refractivity contribution >= 4 is 22.7 Å². The van der Waals surface area contributed by atoms with Crippen molar-refractivity contribution in [2.45, 2.75) is 6.54 Å². The highest BCUT2D eigenvalue weighted by molar-refractivity contribution is 5.98. The molecule has 8 nitrogen and oxygen atoms in total. The molecule has 0 unspecified atom stereocenters. The Morgan fingerprint density at radius 1 is 1.04 bits per heavy atom. The number of rotatable bonds is 7. The van der Waals surface area contributed by atoms with E-state index >= 15 is 0 Å². The van der Waals surface area contributed by atoms with Crippen LogP contribution < -0.4 is 15.0 Å². The molecule has 0 bridgehead atoms. The molecule has 3 rings (SSSR count). The van der Waals surface area contributed by atoms with E-state index in [2.05, 4.69) is 4.98 Å². The third kappa shape index (κ3) is 4.01. The van der Waals surface area contributed by atoms with Crippen LogP contribution in [0.5, 0.6) is 11.5 Å². The van der Waals surface area contributed by atoms with E-state index in [1.807, 2.05) is 0 Å². The maximum Gasteiger partial charge on any atom is 0.326 e. The Morgan fingerprint density at radius 3 is 2.54 bits per heavy atom. The quantitative estimate of drug-likeness (QED) is 0.454. The van der Waals surface area contributed by atoms with Gasteiger partial charge in [0.1, 0.15) is 6.54 Å². The molecule has 8 heteroatoms. The number of para-hydroxylation sites is 1. The van der Waals surface area contributed by atoms with Gasteiger partial charge < -0.3 is 14.2 Å². The number of aromatic nitrogens is 2. The molecule has 0 aliphatic heterocycles. The molecule has 28 heavy (non-hydrogen) atoms. The third-order valence-electron chi connectivity index (χ3n) is 4.10. The molecule has 144 valence electrons. The van der Waals surface area contributed by atoms with Crippen LogP contribution in [-0.2, 0) is 16.1 Å². The molecule has 0 atom stereocenters. The molecule has 0 saturated carbocycles. The van der Waals surface area contributed by atoms with Crippen LogP contribution in [0.3, 0.4) is 0 Å². The largest absolute Gasteiger partial charge is 0.493 e. The summed E-state index contributed by atoms with van der Waals surface area (Å²) in [6, 6.07) is 11.5. The van der Waals surface area contributed by atoms with Gasteiger partial charge in [0.2, 0.25) is 0 Å². The molecule has 0 amide bonds. The summed E-state index contributed by atoms with van der Waals surface area (Å²) in [5.74, 6) is -0.237. The third-order valence-corrected chi connectivity index (χ3v) is 4.10. The van der Waals surface area contributed by atoms with Crippen molar-refractivity contribution in [2.75, 3.05) is 20.8 Å². The van der Waals surface area contributed by atoms with Crippen molar-refractivity contribution in [3.05, 3.63) is 64.7 Å². The molecule has 0 saturated heterocycles. The van der Waals surface area contributed by atoms with Gasteiger partial charge in [-0.3, -0.25) is 19.0 Å². The molecule has 2 aromatic carbocycles. The molecule has 0 fully saturated rings. The maximum atomic E-state index is 12.4. The minimum atomic E-state index is -0.715. The highest BCUT2D eigenvalue weighted by Gasteiger charge is 2.14. The van der Waals surface area contributed by atoms with Crippen LogP contribution in [0.4, 0.5) is 0 Å². The van der Waals surface area contributed by atoms with Crippen molar-refractivity contribution in [2.24, 2.45) is 0 Å². The van der Waals surface area contributed by atoms with Crippen LogP contribution in [-0.4, -0.2) is 42.1 Å². The van der Waals surface area contributed by atoms with Crippen LogP contribution in [0.2, 0.25) is 0 Å². The number of esters is 1. The SMILES string of the molecule is COc1ccc(C(=O)COC(=O)Cn2cnc3ccccc3c2=O)cc1OC. The van der Waals surface area contributed by atoms with Gasteiger partial charge >= 0.3 is 5.97 Å². The van der Waals surface area contributed by atoms with Crippen LogP contribution in [0, 0.1) is 0 Å². The Morgan fingerprint density at radius 2 is 1.79 bits per heavy atom. The smallest absolute Gasteiger partial charge is 0.326 e. The predicted molar refractivity (Wildman–Crippen MR) is 101 cm³/mol. The number of hydrogen-bond donors (Lipinski definition) is 0. The van der Waals surface area contributed by atoms with E-state index < -0.39 is 18.4 Å². The van der Waals surface area contributed by atoms with E-state index in [0.29, 0.717) is 28.0 Å². The van der Waals surface area contributed by atoms with Gasteiger partial charge in [0.15, 0.2) is 23.9 Å². The molecule has 0 aliphatic carbocycles. The minimum absolute atomic E-state index is 0.315. The van der Waals surface area contributed by atoms with Gasteiger partial charge in [-0.2, -0.15) is 0 Å². The predicted octanol–water partition coefficient (Wildman–Crippen LogP) is 1.84. The van der Waals surface area contributed by atoms with Crippen molar-refractivity contribution in [1.29, 1.82) is 0 Å². The van der Waals surface area contributed by atoms with Crippen LogP contribution >= 0.6 is 0 Å². The number of Topliss-reactive ketones (excluding diaryl/α,β-unsaturated/α-hetero) is 1. The van der Waals surface area contributed by atoms with Gasteiger partial charge in [-0.15, -0.1) is 0 Å². The maximum absolute atomic E-state index is 12.4. The first-order chi connectivity index (χ1) is 13.5. The van der Waals surface area contributed by atoms with Crippen LogP contribution in [0.15, 0.2) is 53.6 Å². The summed E-state index contributed by atoms with van der Waals surface area (Å²) in [4.78, 5) is 40.8. The Bertz CT molecular complexity index is 1090. The Hall–Kier alpha value is -3.68. The second-order valence-electron chi connectivity index (χ2n) is 5.85. The van der Waals surface area contributed by atoms with Crippen molar-refractivity contribution in [3.8, 4) is 11.5 Å². The molecule has 0 spiro atoms. The van der Waals surface area contributed by atoms with E-state index in [-0.39, 0.29) is 12.1 Å². The molecule has 1 aromatic heterocycles. The number of methoxy groups -OCH3 is 2. The summed E-state index contributed by atoms with van der Waals surface area (Å²) >= 11 is 0. The molecule has 0 N–H and O–H groups in total. The van der Waals surface area contributed by atoms with Gasteiger partial charge in [-0.25, -0.2) is 4.98 Å². The summed E-state index contributed by atoms with van der Waals surface area (Å²) in [7, 11) is 2.95. The summed E-state index contributed by atoms with van der Waals surface area (Å²) in [6.07, 6.45) is 1.28. The second kappa shape index (κ2) is 8.34. The fourth-order valence-corrected chi connectivity index (χ4v) is 2.64. The van der Waals surface area contributed by atoms with E-state index in [1.165, 1.54) is 26.6 Å². The zero-order valence-corrected chi connectivity index (χ0v) is 15.4. The zero-order chi connectivity index (χ0) is 20.1. The Kier molecular flexibility index (Phi) is 5.69. The number of ketones is 1. The van der Waals surface area contributed by atoms with Crippen LogP contribution in [0.25, 0.3) is 10.9 Å². The van der Waals surface area contributed by atoms with Gasteiger partial charge in [-0.1, -0.05) is 12.1 Å². The zero-order valence-electron chi connectivity index (χ0n) is 15.4. The number of benzene rings is 2.